The maximum Gasteiger partial charge on any atom is 0.264 e. The van der Waals surface area contributed by atoms with Crippen LogP contribution in [0.2, 0.25) is 0 Å². The van der Waals surface area contributed by atoms with E-state index in [1.165, 1.54) is 4.31 Å². The molecule has 0 aliphatic carbocycles. The molecule has 8 heteroatoms. The van der Waals surface area contributed by atoms with Gasteiger partial charge in [0, 0.05) is 0 Å². The zero-order valence-corrected chi connectivity index (χ0v) is 22.1. The molecule has 1 amide bonds. The Hall–Kier alpha value is -3.52. The number of sulfonamides is 1. The molecule has 1 N–H and O–H groups in total. The van der Waals surface area contributed by atoms with E-state index in [1.54, 1.807) is 43.5 Å². The molecule has 190 valence electrons. The van der Waals surface area contributed by atoms with E-state index in [0.29, 0.717) is 17.9 Å². The number of fused-ring (bicyclic) bond motifs is 1. The van der Waals surface area contributed by atoms with E-state index in [9.17, 15) is 13.2 Å². The third-order valence-corrected chi connectivity index (χ3v) is 8.23. The van der Waals surface area contributed by atoms with E-state index >= 15 is 0 Å². The first kappa shape index (κ1) is 25.6. The Kier molecular flexibility index (Phi) is 7.26. The highest BCUT2D eigenvalue weighted by Gasteiger charge is 2.38. The first-order valence-corrected chi connectivity index (χ1v) is 13.4. The fourth-order valence-electron chi connectivity index (χ4n) is 4.37. The average molecular weight is 509 g/mol. The van der Waals surface area contributed by atoms with Crippen molar-refractivity contribution in [2.75, 3.05) is 18.0 Å². The predicted octanol–water partition coefficient (Wildman–Crippen LogP) is 4.84. The van der Waals surface area contributed by atoms with Crippen LogP contribution in [0.15, 0.2) is 65.6 Å². The van der Waals surface area contributed by atoms with E-state index < -0.39 is 16.1 Å². The van der Waals surface area contributed by atoms with Crippen molar-refractivity contribution in [2.24, 2.45) is 0 Å². The standard InChI is InChI=1S/C28H32N2O5S/c1-6-23(21-10-14-25(34-5)20(4)16-21)29-28(31)27-17-30(24-15-19(3)9-13-26(24)35-27)36(32,33)22-11-7-18(2)8-12-22/h7-16,23,27H,6,17H2,1-5H3,(H,29,31)/t23-,27-/m1/s1. The molecule has 1 aliphatic rings. The molecule has 3 aromatic carbocycles. The maximum atomic E-state index is 13.7. The summed E-state index contributed by atoms with van der Waals surface area (Å²) in [6.45, 7) is 7.60. The predicted molar refractivity (Wildman–Crippen MR) is 140 cm³/mol. The average Bonchev–Trinajstić information content (AvgIpc) is 2.86. The summed E-state index contributed by atoms with van der Waals surface area (Å²) in [7, 11) is -2.29. The van der Waals surface area contributed by atoms with Crippen molar-refractivity contribution in [1.82, 2.24) is 5.32 Å². The van der Waals surface area contributed by atoms with Crippen LogP contribution in [0.1, 0.15) is 41.6 Å². The third kappa shape index (κ3) is 5.04. The number of nitrogens with one attached hydrogen (secondary N) is 1. The van der Waals surface area contributed by atoms with Gasteiger partial charge in [0.2, 0.25) is 0 Å². The minimum atomic E-state index is -3.92. The van der Waals surface area contributed by atoms with Crippen LogP contribution in [-0.2, 0) is 14.8 Å². The molecule has 36 heavy (non-hydrogen) atoms. The van der Waals surface area contributed by atoms with Crippen LogP contribution in [0.5, 0.6) is 11.5 Å². The molecule has 0 bridgehead atoms. The van der Waals surface area contributed by atoms with Crippen LogP contribution >= 0.6 is 0 Å². The van der Waals surface area contributed by atoms with Crippen molar-refractivity contribution >= 4 is 21.6 Å². The van der Waals surface area contributed by atoms with Gasteiger partial charge in [-0.1, -0.05) is 42.8 Å². The van der Waals surface area contributed by atoms with Crippen molar-refractivity contribution in [2.45, 2.75) is 51.2 Å². The van der Waals surface area contributed by atoms with Crippen LogP contribution in [0.4, 0.5) is 5.69 Å². The number of ether oxygens (including phenoxy) is 2. The number of amides is 1. The number of methoxy groups -OCH3 is 1. The second kappa shape index (κ2) is 10.2. The Morgan fingerprint density at radius 1 is 1.06 bits per heavy atom. The molecule has 0 unspecified atom stereocenters. The lowest BCUT2D eigenvalue weighted by atomic mass is 10.0. The first-order chi connectivity index (χ1) is 17.1. The molecule has 1 aliphatic heterocycles. The van der Waals surface area contributed by atoms with Crippen molar-refractivity contribution in [3.05, 3.63) is 82.9 Å². The normalized spacial score (nSPS) is 16.0. The fraction of sp³-hybridized carbons (Fsp3) is 0.321. The van der Waals surface area contributed by atoms with Gasteiger partial charge < -0.3 is 14.8 Å². The Morgan fingerprint density at radius 2 is 1.75 bits per heavy atom. The molecule has 3 aromatic rings. The van der Waals surface area contributed by atoms with E-state index in [0.717, 1.165) is 28.0 Å². The summed E-state index contributed by atoms with van der Waals surface area (Å²) in [6, 6.07) is 17.6. The van der Waals surface area contributed by atoms with E-state index in [4.69, 9.17) is 9.47 Å². The highest BCUT2D eigenvalue weighted by molar-refractivity contribution is 7.92. The van der Waals surface area contributed by atoms with Gasteiger partial charge in [0.15, 0.2) is 6.10 Å². The Balaban J connectivity index is 1.64. The van der Waals surface area contributed by atoms with E-state index in [2.05, 4.69) is 5.32 Å². The molecule has 2 atom stereocenters. The molecule has 7 nitrogen and oxygen atoms in total. The largest absolute Gasteiger partial charge is 0.496 e. The first-order valence-electron chi connectivity index (χ1n) is 12.0. The van der Waals surface area contributed by atoms with Crippen LogP contribution < -0.4 is 19.1 Å². The van der Waals surface area contributed by atoms with Crippen molar-refractivity contribution in [3.8, 4) is 11.5 Å². The zero-order chi connectivity index (χ0) is 26.0. The van der Waals surface area contributed by atoms with Crippen molar-refractivity contribution in [3.63, 3.8) is 0 Å². The van der Waals surface area contributed by atoms with E-state index in [1.807, 2.05) is 52.0 Å². The molecule has 1 heterocycles. The highest BCUT2D eigenvalue weighted by Crippen LogP contribution is 2.38. The van der Waals surface area contributed by atoms with Gasteiger partial charge in [0.1, 0.15) is 11.5 Å². The van der Waals surface area contributed by atoms with Gasteiger partial charge in [0.05, 0.1) is 30.3 Å². The number of anilines is 1. The number of carbonyl (C=O) groups excluding carboxylic acids is 1. The number of benzene rings is 3. The summed E-state index contributed by atoms with van der Waals surface area (Å²) in [6.07, 6.45) is -0.348. The lowest BCUT2D eigenvalue weighted by Crippen LogP contribution is -2.51. The van der Waals surface area contributed by atoms with Crippen molar-refractivity contribution < 1.29 is 22.7 Å². The molecule has 0 spiro atoms. The monoisotopic (exact) mass is 508 g/mol. The van der Waals surface area contributed by atoms with Crippen LogP contribution in [0.25, 0.3) is 0 Å². The van der Waals surface area contributed by atoms with E-state index in [-0.39, 0.29) is 23.4 Å². The number of nitrogens with zero attached hydrogens (tertiary/aromatic N) is 1. The third-order valence-electron chi connectivity index (χ3n) is 6.43. The smallest absolute Gasteiger partial charge is 0.264 e. The van der Waals surface area contributed by atoms with Gasteiger partial charge in [-0.2, -0.15) is 0 Å². The van der Waals surface area contributed by atoms with Crippen LogP contribution in [0, 0.1) is 20.8 Å². The summed E-state index contributed by atoms with van der Waals surface area (Å²) in [5.41, 5.74) is 4.20. The molecular weight excluding hydrogens is 476 g/mol. The van der Waals surface area contributed by atoms with Gasteiger partial charge in [-0.25, -0.2) is 8.42 Å². The topological polar surface area (TPSA) is 84.9 Å². The summed E-state index contributed by atoms with van der Waals surface area (Å²) in [5.74, 6) is 0.765. The SMILES string of the molecule is CC[C@@H](NC(=O)[C@H]1CN(S(=O)(=O)c2ccc(C)cc2)c2cc(C)ccc2O1)c1ccc(OC)c(C)c1. The summed E-state index contributed by atoms with van der Waals surface area (Å²) >= 11 is 0. The number of carbonyl (C=O) groups is 1. The highest BCUT2D eigenvalue weighted by atomic mass is 32.2. The van der Waals surface area contributed by atoms with Gasteiger partial charge >= 0.3 is 0 Å². The number of rotatable bonds is 7. The second-order valence-electron chi connectivity index (χ2n) is 9.13. The van der Waals surface area contributed by atoms with Gasteiger partial charge in [0.25, 0.3) is 15.9 Å². The Bertz CT molecular complexity index is 1370. The van der Waals surface area contributed by atoms with Gasteiger partial charge in [-0.3, -0.25) is 9.10 Å². The molecule has 0 aromatic heterocycles. The summed E-state index contributed by atoms with van der Waals surface area (Å²) < 4.78 is 40.0. The van der Waals surface area contributed by atoms with Gasteiger partial charge in [-0.15, -0.1) is 0 Å². The minimum Gasteiger partial charge on any atom is -0.496 e. The molecule has 0 saturated heterocycles. The van der Waals surface area contributed by atoms with Crippen molar-refractivity contribution in [1.29, 1.82) is 0 Å². The molecular formula is C28H32N2O5S. The van der Waals surface area contributed by atoms with Gasteiger partial charge in [-0.05, 0) is 74.2 Å². The molecule has 0 saturated carbocycles. The fourth-order valence-corrected chi connectivity index (χ4v) is 5.83. The molecule has 0 fully saturated rings. The summed E-state index contributed by atoms with van der Waals surface area (Å²) in [5, 5.41) is 3.05. The Labute approximate surface area is 213 Å². The second-order valence-corrected chi connectivity index (χ2v) is 11.0. The molecule has 0 radical (unpaired) electrons. The minimum absolute atomic E-state index is 0.128. The maximum absolute atomic E-state index is 13.7. The Morgan fingerprint density at radius 3 is 2.39 bits per heavy atom. The lowest BCUT2D eigenvalue weighted by molar-refractivity contribution is -0.128. The number of aryl methyl sites for hydroxylation is 3. The zero-order valence-electron chi connectivity index (χ0n) is 21.2. The lowest BCUT2D eigenvalue weighted by Gasteiger charge is -2.35. The van der Waals surface area contributed by atoms with Crippen LogP contribution in [-0.4, -0.2) is 34.1 Å². The number of hydrogen-bond acceptors (Lipinski definition) is 5. The van der Waals surface area contributed by atoms with Crippen LogP contribution in [0.3, 0.4) is 0 Å². The summed E-state index contributed by atoms with van der Waals surface area (Å²) in [4.78, 5) is 13.6. The number of hydrogen-bond donors (Lipinski definition) is 1. The molecule has 4 rings (SSSR count). The quantitative estimate of drug-likeness (QED) is 0.494.